The first kappa shape index (κ1) is 11.5. The first-order chi connectivity index (χ1) is 7.62. The van der Waals surface area contributed by atoms with E-state index in [-0.39, 0.29) is 11.5 Å². The minimum Gasteiger partial charge on any atom is -0.508 e. The highest BCUT2D eigenvalue weighted by atomic mass is 16.5. The van der Waals surface area contributed by atoms with Crippen LogP contribution in [-0.2, 0) is 10.2 Å². The van der Waals surface area contributed by atoms with E-state index < -0.39 is 0 Å². The van der Waals surface area contributed by atoms with E-state index in [4.69, 9.17) is 4.74 Å². The normalized spacial score (nSPS) is 18.4. The summed E-state index contributed by atoms with van der Waals surface area (Å²) in [6.07, 6.45) is 3.87. The molecule has 0 aromatic heterocycles. The third-order valence-corrected chi connectivity index (χ3v) is 3.46. The van der Waals surface area contributed by atoms with Crippen LogP contribution >= 0.6 is 0 Å². The molecular formula is C14H20O2. The Labute approximate surface area is 97.3 Å². The van der Waals surface area contributed by atoms with Crippen LogP contribution in [0.5, 0.6) is 5.75 Å². The molecule has 1 fully saturated rings. The van der Waals surface area contributed by atoms with E-state index in [1.54, 1.807) is 6.07 Å². The summed E-state index contributed by atoms with van der Waals surface area (Å²) >= 11 is 0. The number of rotatable bonds is 4. The molecule has 88 valence electrons. The quantitative estimate of drug-likeness (QED) is 0.844. The van der Waals surface area contributed by atoms with Gasteiger partial charge in [0, 0.05) is 5.41 Å². The third-order valence-electron chi connectivity index (χ3n) is 3.46. The molecule has 0 amide bonds. The zero-order valence-electron chi connectivity index (χ0n) is 10.1. The number of ether oxygens (including phenoxy) is 1. The number of phenols is 1. The molecule has 0 spiro atoms. The van der Waals surface area contributed by atoms with Crippen molar-refractivity contribution in [2.45, 2.75) is 44.6 Å². The van der Waals surface area contributed by atoms with Crippen LogP contribution in [0.3, 0.4) is 0 Å². The van der Waals surface area contributed by atoms with Gasteiger partial charge >= 0.3 is 0 Å². The van der Waals surface area contributed by atoms with E-state index >= 15 is 0 Å². The summed E-state index contributed by atoms with van der Waals surface area (Å²) in [5.41, 5.74) is 1.38. The Morgan fingerprint density at radius 2 is 2.12 bits per heavy atom. The molecule has 0 radical (unpaired) electrons. The molecule has 1 N–H and O–H groups in total. The number of aromatic hydroxyl groups is 1. The van der Waals surface area contributed by atoms with Crippen LogP contribution in [0.25, 0.3) is 0 Å². The van der Waals surface area contributed by atoms with Gasteiger partial charge in [-0.15, -0.1) is 0 Å². The fourth-order valence-corrected chi connectivity index (χ4v) is 2.28. The molecule has 2 rings (SSSR count). The van der Waals surface area contributed by atoms with Crippen molar-refractivity contribution in [3.05, 3.63) is 29.8 Å². The maximum Gasteiger partial charge on any atom is 0.115 e. The highest BCUT2D eigenvalue weighted by Crippen LogP contribution is 2.44. The highest BCUT2D eigenvalue weighted by molar-refractivity contribution is 5.34. The molecule has 0 atom stereocenters. The first-order valence-electron chi connectivity index (χ1n) is 6.03. The Morgan fingerprint density at radius 1 is 1.38 bits per heavy atom. The minimum absolute atomic E-state index is 0.156. The van der Waals surface area contributed by atoms with Crippen molar-refractivity contribution in [3.8, 4) is 5.75 Å². The molecule has 0 saturated heterocycles. The van der Waals surface area contributed by atoms with Gasteiger partial charge in [0.2, 0.25) is 0 Å². The van der Waals surface area contributed by atoms with Crippen LogP contribution in [0.15, 0.2) is 24.3 Å². The van der Waals surface area contributed by atoms with Gasteiger partial charge in [-0.25, -0.2) is 0 Å². The zero-order chi connectivity index (χ0) is 11.6. The second-order valence-electron chi connectivity index (χ2n) is 5.04. The number of hydrogen-bond acceptors (Lipinski definition) is 2. The van der Waals surface area contributed by atoms with Gasteiger partial charge in [0.25, 0.3) is 0 Å². The first-order valence-corrected chi connectivity index (χ1v) is 6.03. The van der Waals surface area contributed by atoms with Gasteiger partial charge < -0.3 is 9.84 Å². The summed E-state index contributed by atoms with van der Waals surface area (Å²) in [6.45, 7) is 4.90. The summed E-state index contributed by atoms with van der Waals surface area (Å²) < 4.78 is 5.76. The van der Waals surface area contributed by atoms with Gasteiger partial charge in [-0.05, 0) is 44.4 Å². The van der Waals surface area contributed by atoms with Gasteiger partial charge in [-0.2, -0.15) is 0 Å². The largest absolute Gasteiger partial charge is 0.508 e. The van der Waals surface area contributed by atoms with Gasteiger partial charge in [0.05, 0.1) is 12.7 Å². The second kappa shape index (κ2) is 4.46. The van der Waals surface area contributed by atoms with Gasteiger partial charge in [0.1, 0.15) is 5.75 Å². The van der Waals surface area contributed by atoms with Crippen LogP contribution in [-0.4, -0.2) is 17.8 Å². The summed E-state index contributed by atoms with van der Waals surface area (Å²) in [4.78, 5) is 0. The summed E-state index contributed by atoms with van der Waals surface area (Å²) in [7, 11) is 0. The summed E-state index contributed by atoms with van der Waals surface area (Å²) in [5, 5.41) is 9.53. The van der Waals surface area contributed by atoms with Crippen molar-refractivity contribution < 1.29 is 9.84 Å². The summed E-state index contributed by atoms with van der Waals surface area (Å²) in [5.74, 6) is 0.355. The molecule has 1 saturated carbocycles. The maximum atomic E-state index is 9.53. The average Bonchev–Trinajstić information content (AvgIpc) is 2.15. The standard InChI is InChI=1S/C14H20O2/c1-11(2)16-10-14(7-4-8-14)12-5-3-6-13(15)9-12/h3,5-6,9,11,15H,4,7-8,10H2,1-2H3. The topological polar surface area (TPSA) is 29.5 Å². The average molecular weight is 220 g/mol. The Hall–Kier alpha value is -1.02. The van der Waals surface area contributed by atoms with E-state index in [1.165, 1.54) is 24.8 Å². The molecule has 0 unspecified atom stereocenters. The second-order valence-corrected chi connectivity index (χ2v) is 5.04. The predicted molar refractivity (Wildman–Crippen MR) is 64.7 cm³/mol. The van der Waals surface area contributed by atoms with E-state index in [1.807, 2.05) is 12.1 Å². The van der Waals surface area contributed by atoms with Crippen LogP contribution in [0.4, 0.5) is 0 Å². The molecule has 0 heterocycles. The number of phenolic OH excluding ortho intramolecular Hbond substituents is 1. The van der Waals surface area contributed by atoms with Crippen molar-refractivity contribution in [3.63, 3.8) is 0 Å². The van der Waals surface area contributed by atoms with E-state index in [9.17, 15) is 5.11 Å². The minimum atomic E-state index is 0.156. The lowest BCUT2D eigenvalue weighted by molar-refractivity contribution is 0.00981. The van der Waals surface area contributed by atoms with Crippen molar-refractivity contribution in [1.82, 2.24) is 0 Å². The fourth-order valence-electron chi connectivity index (χ4n) is 2.28. The Kier molecular flexibility index (Phi) is 3.20. The Balaban J connectivity index is 2.14. The molecule has 1 aromatic rings. The zero-order valence-corrected chi connectivity index (χ0v) is 10.1. The molecule has 1 aromatic carbocycles. The van der Waals surface area contributed by atoms with Crippen molar-refractivity contribution >= 4 is 0 Å². The molecule has 1 aliphatic carbocycles. The van der Waals surface area contributed by atoms with Crippen LogP contribution in [0.1, 0.15) is 38.7 Å². The summed E-state index contributed by atoms with van der Waals surface area (Å²) in [6, 6.07) is 7.62. The number of hydrogen-bond donors (Lipinski definition) is 1. The number of benzene rings is 1. The molecular weight excluding hydrogens is 200 g/mol. The van der Waals surface area contributed by atoms with Gasteiger partial charge in [-0.1, -0.05) is 18.6 Å². The third kappa shape index (κ3) is 2.22. The van der Waals surface area contributed by atoms with Crippen LogP contribution in [0.2, 0.25) is 0 Å². The molecule has 1 aliphatic rings. The molecule has 2 nitrogen and oxygen atoms in total. The van der Waals surface area contributed by atoms with E-state index in [0.29, 0.717) is 5.75 Å². The van der Waals surface area contributed by atoms with Crippen LogP contribution < -0.4 is 0 Å². The fraction of sp³-hybridized carbons (Fsp3) is 0.571. The monoisotopic (exact) mass is 220 g/mol. The van der Waals surface area contributed by atoms with Gasteiger partial charge in [-0.3, -0.25) is 0 Å². The van der Waals surface area contributed by atoms with Crippen molar-refractivity contribution in [2.75, 3.05) is 6.61 Å². The Morgan fingerprint density at radius 3 is 2.62 bits per heavy atom. The van der Waals surface area contributed by atoms with Crippen molar-refractivity contribution in [1.29, 1.82) is 0 Å². The highest BCUT2D eigenvalue weighted by Gasteiger charge is 2.39. The van der Waals surface area contributed by atoms with Crippen molar-refractivity contribution in [2.24, 2.45) is 0 Å². The molecule has 16 heavy (non-hydrogen) atoms. The smallest absolute Gasteiger partial charge is 0.115 e. The van der Waals surface area contributed by atoms with Crippen LogP contribution in [0, 0.1) is 0 Å². The predicted octanol–water partition coefficient (Wildman–Crippen LogP) is 3.24. The van der Waals surface area contributed by atoms with E-state index in [0.717, 1.165) is 6.61 Å². The lowest BCUT2D eigenvalue weighted by Gasteiger charge is -2.42. The lowest BCUT2D eigenvalue weighted by atomic mass is 9.65. The lowest BCUT2D eigenvalue weighted by Crippen LogP contribution is -2.39. The maximum absolute atomic E-state index is 9.53. The Bertz CT molecular complexity index is 354. The van der Waals surface area contributed by atoms with E-state index in [2.05, 4.69) is 19.9 Å². The SMILES string of the molecule is CC(C)OCC1(c2cccc(O)c2)CCC1. The molecule has 0 aliphatic heterocycles. The van der Waals surface area contributed by atoms with Gasteiger partial charge in [0.15, 0.2) is 0 Å². The molecule has 0 bridgehead atoms. The molecule has 2 heteroatoms.